The van der Waals surface area contributed by atoms with Crippen LogP contribution < -0.4 is 5.43 Å². The first-order chi connectivity index (χ1) is 10.4. The molecule has 0 aliphatic carbocycles. The monoisotopic (exact) mass is 308 g/mol. The summed E-state index contributed by atoms with van der Waals surface area (Å²) in [4.78, 5) is 23.5. The third kappa shape index (κ3) is 6.24. The van der Waals surface area contributed by atoms with Crippen molar-refractivity contribution >= 4 is 12.4 Å². The Balaban J connectivity index is 2.80. The van der Waals surface area contributed by atoms with Gasteiger partial charge in [-0.25, -0.2) is 15.2 Å². The van der Waals surface area contributed by atoms with E-state index >= 15 is 0 Å². The molecule has 0 aromatic heterocycles. The molecule has 0 aliphatic heterocycles. The van der Waals surface area contributed by atoms with Gasteiger partial charge >= 0.3 is 6.09 Å². The zero-order valence-electron chi connectivity index (χ0n) is 13.5. The number of amides is 1. The van der Waals surface area contributed by atoms with Crippen molar-refractivity contribution in [2.45, 2.75) is 39.0 Å². The van der Waals surface area contributed by atoms with E-state index in [0.29, 0.717) is 12.8 Å². The fourth-order valence-electron chi connectivity index (χ4n) is 1.75. The molecular weight excluding hydrogens is 284 g/mol. The zero-order chi connectivity index (χ0) is 16.6. The van der Waals surface area contributed by atoms with Crippen molar-refractivity contribution in [3.05, 3.63) is 35.9 Å². The molecular formula is C16H24N2O4. The number of ether oxygens (including phenoxy) is 2. The number of hydrazine groups is 1. The van der Waals surface area contributed by atoms with Crippen LogP contribution in [0.15, 0.2) is 30.3 Å². The third-order valence-electron chi connectivity index (χ3n) is 2.71. The van der Waals surface area contributed by atoms with Gasteiger partial charge in [-0.15, -0.1) is 0 Å². The molecule has 1 aromatic rings. The summed E-state index contributed by atoms with van der Waals surface area (Å²) < 4.78 is 10.3. The highest BCUT2D eigenvalue weighted by atomic mass is 16.6. The van der Waals surface area contributed by atoms with Crippen molar-refractivity contribution in [1.29, 1.82) is 0 Å². The minimum atomic E-state index is -0.761. The average Bonchev–Trinajstić information content (AvgIpc) is 2.45. The molecule has 22 heavy (non-hydrogen) atoms. The molecule has 1 amide bonds. The second-order valence-electron chi connectivity index (χ2n) is 5.83. The summed E-state index contributed by atoms with van der Waals surface area (Å²) in [5.74, 6) is 0. The Bertz CT molecular complexity index is 471. The molecule has 1 aromatic carbocycles. The number of carbonyl (C=O) groups excluding carboxylic acids is 2. The van der Waals surface area contributed by atoms with Gasteiger partial charge in [0.15, 0.2) is 0 Å². The molecule has 0 saturated heterocycles. The van der Waals surface area contributed by atoms with E-state index in [1.807, 2.05) is 30.3 Å². The van der Waals surface area contributed by atoms with Gasteiger partial charge in [0.05, 0.1) is 6.61 Å². The first kappa shape index (κ1) is 18.1. The fraction of sp³-hybridized carbons (Fsp3) is 0.500. The van der Waals surface area contributed by atoms with Gasteiger partial charge in [-0.3, -0.25) is 0 Å². The van der Waals surface area contributed by atoms with Crippen molar-refractivity contribution in [3.8, 4) is 0 Å². The van der Waals surface area contributed by atoms with Gasteiger partial charge in [0.1, 0.15) is 17.9 Å². The highest BCUT2D eigenvalue weighted by Gasteiger charge is 2.28. The van der Waals surface area contributed by atoms with Crippen molar-refractivity contribution in [2.24, 2.45) is 0 Å². The largest absolute Gasteiger partial charge is 0.443 e. The predicted octanol–water partition coefficient (Wildman–Crippen LogP) is 2.14. The summed E-state index contributed by atoms with van der Waals surface area (Å²) >= 11 is 0. The van der Waals surface area contributed by atoms with Crippen LogP contribution in [0.1, 0.15) is 26.3 Å². The Morgan fingerprint density at radius 2 is 1.95 bits per heavy atom. The molecule has 0 spiro atoms. The fourth-order valence-corrected chi connectivity index (χ4v) is 1.75. The maximum absolute atomic E-state index is 12.3. The van der Waals surface area contributed by atoms with Gasteiger partial charge in [-0.2, -0.15) is 0 Å². The molecule has 0 saturated carbocycles. The second kappa shape index (κ2) is 8.51. The Morgan fingerprint density at radius 3 is 2.45 bits per heavy atom. The number of methoxy groups -OCH3 is 1. The summed E-state index contributed by atoms with van der Waals surface area (Å²) in [6.07, 6.45) is 0.0448. The standard InChI is InChI=1S/C16H24N2O4/c1-16(2,3)22-15(20)18(14(11-19)12-21-4)17-10-13-8-6-5-7-9-13/h5-9,11,14,17H,10,12H2,1-4H3. The van der Waals surface area contributed by atoms with E-state index in [2.05, 4.69) is 5.43 Å². The van der Waals surface area contributed by atoms with Gasteiger partial charge in [0.2, 0.25) is 0 Å². The smallest absolute Gasteiger partial charge is 0.425 e. The van der Waals surface area contributed by atoms with Crippen LogP contribution in [0.2, 0.25) is 0 Å². The summed E-state index contributed by atoms with van der Waals surface area (Å²) in [5.41, 5.74) is 3.28. The molecule has 0 aliphatic rings. The summed E-state index contributed by atoms with van der Waals surface area (Å²) in [5, 5.41) is 1.18. The van der Waals surface area contributed by atoms with Gasteiger partial charge < -0.3 is 14.3 Å². The first-order valence-corrected chi connectivity index (χ1v) is 7.11. The van der Waals surface area contributed by atoms with E-state index in [9.17, 15) is 9.59 Å². The van der Waals surface area contributed by atoms with E-state index in [1.54, 1.807) is 20.8 Å². The van der Waals surface area contributed by atoms with Crippen LogP contribution in [0, 0.1) is 0 Å². The predicted molar refractivity (Wildman–Crippen MR) is 83.1 cm³/mol. The quantitative estimate of drug-likeness (QED) is 0.617. The molecule has 0 radical (unpaired) electrons. The number of carbonyl (C=O) groups is 2. The van der Waals surface area contributed by atoms with E-state index in [-0.39, 0.29) is 6.61 Å². The number of rotatable bonds is 7. The maximum Gasteiger partial charge on any atom is 0.425 e. The zero-order valence-corrected chi connectivity index (χ0v) is 13.5. The van der Waals surface area contributed by atoms with Crippen molar-refractivity contribution in [3.63, 3.8) is 0 Å². The van der Waals surface area contributed by atoms with E-state index in [0.717, 1.165) is 5.56 Å². The highest BCUT2D eigenvalue weighted by molar-refractivity contribution is 5.73. The lowest BCUT2D eigenvalue weighted by atomic mass is 10.2. The molecule has 6 nitrogen and oxygen atoms in total. The minimum absolute atomic E-state index is 0.0878. The van der Waals surface area contributed by atoms with Crippen molar-refractivity contribution in [2.75, 3.05) is 13.7 Å². The lowest BCUT2D eigenvalue weighted by Crippen LogP contribution is -2.53. The Hall–Kier alpha value is -1.92. The lowest BCUT2D eigenvalue weighted by Gasteiger charge is -2.31. The van der Waals surface area contributed by atoms with Crippen LogP contribution in [0.25, 0.3) is 0 Å². The minimum Gasteiger partial charge on any atom is -0.443 e. The summed E-state index contributed by atoms with van der Waals surface area (Å²) in [6.45, 7) is 5.80. The molecule has 0 bridgehead atoms. The third-order valence-corrected chi connectivity index (χ3v) is 2.71. The van der Waals surface area contributed by atoms with Gasteiger partial charge in [0.25, 0.3) is 0 Å². The SMILES string of the molecule is COCC(C=O)N(NCc1ccccc1)C(=O)OC(C)(C)C. The highest BCUT2D eigenvalue weighted by Crippen LogP contribution is 2.11. The summed E-state index contributed by atoms with van der Waals surface area (Å²) in [7, 11) is 1.47. The summed E-state index contributed by atoms with van der Waals surface area (Å²) in [6, 6.07) is 8.80. The average molecular weight is 308 g/mol. The van der Waals surface area contributed by atoms with E-state index in [1.165, 1.54) is 12.1 Å². The Morgan fingerprint density at radius 1 is 1.32 bits per heavy atom. The number of hydrogen-bond acceptors (Lipinski definition) is 5. The second-order valence-corrected chi connectivity index (χ2v) is 5.83. The van der Waals surface area contributed by atoms with E-state index < -0.39 is 17.7 Å². The lowest BCUT2D eigenvalue weighted by molar-refractivity contribution is -0.115. The van der Waals surface area contributed by atoms with Crippen molar-refractivity contribution in [1.82, 2.24) is 10.4 Å². The Labute approximate surface area is 131 Å². The van der Waals surface area contributed by atoms with Crippen molar-refractivity contribution < 1.29 is 19.1 Å². The number of hydrogen-bond donors (Lipinski definition) is 1. The molecule has 1 N–H and O–H groups in total. The van der Waals surface area contributed by atoms with E-state index in [4.69, 9.17) is 9.47 Å². The Kier molecular flexibility index (Phi) is 7.01. The maximum atomic E-state index is 12.3. The van der Waals surface area contributed by atoms with Gasteiger partial charge in [-0.1, -0.05) is 30.3 Å². The van der Waals surface area contributed by atoms with Crippen LogP contribution in [-0.2, 0) is 20.8 Å². The van der Waals surface area contributed by atoms with Crippen LogP contribution >= 0.6 is 0 Å². The number of benzene rings is 1. The van der Waals surface area contributed by atoms with Gasteiger partial charge in [-0.05, 0) is 26.3 Å². The number of nitrogens with zero attached hydrogens (tertiary/aromatic N) is 1. The molecule has 0 fully saturated rings. The molecule has 0 heterocycles. The van der Waals surface area contributed by atoms with Crippen LogP contribution in [0.4, 0.5) is 4.79 Å². The molecule has 6 heteroatoms. The number of aldehydes is 1. The first-order valence-electron chi connectivity index (χ1n) is 7.11. The molecule has 1 atom stereocenters. The normalized spacial score (nSPS) is 12.5. The van der Waals surface area contributed by atoms with Crippen LogP contribution in [0.3, 0.4) is 0 Å². The van der Waals surface area contributed by atoms with Gasteiger partial charge in [0, 0.05) is 13.7 Å². The molecule has 1 rings (SSSR count). The van der Waals surface area contributed by atoms with Crippen LogP contribution in [0.5, 0.6) is 0 Å². The molecule has 1 unspecified atom stereocenters. The van der Waals surface area contributed by atoms with Crippen LogP contribution in [-0.4, -0.2) is 42.7 Å². The number of nitrogens with one attached hydrogen (secondary N) is 1. The molecule has 122 valence electrons. The topological polar surface area (TPSA) is 67.9 Å².